The van der Waals surface area contributed by atoms with Crippen molar-refractivity contribution in [2.45, 2.75) is 71.9 Å². The number of benzene rings is 1. The van der Waals surface area contributed by atoms with E-state index in [1.807, 2.05) is 51.1 Å². The number of carbonyl (C=O) groups excluding carboxylic acids is 1. The van der Waals surface area contributed by atoms with Crippen LogP contribution in [0.25, 0.3) is 10.9 Å². The van der Waals surface area contributed by atoms with Gasteiger partial charge >= 0.3 is 5.97 Å². The maximum Gasteiger partial charge on any atom is 0.329 e. The Morgan fingerprint density at radius 2 is 1.77 bits per heavy atom. The Balaban J connectivity index is 2.37. The van der Waals surface area contributed by atoms with Gasteiger partial charge in [0, 0.05) is 11.6 Å². The maximum absolute atomic E-state index is 13.0. The quantitative estimate of drug-likeness (QED) is 0.628. The minimum absolute atomic E-state index is 0.183. The molecule has 0 aliphatic rings. The van der Waals surface area contributed by atoms with Crippen molar-refractivity contribution in [3.63, 3.8) is 0 Å². The summed E-state index contributed by atoms with van der Waals surface area (Å²) in [5.74, 6) is 0.0520. The van der Waals surface area contributed by atoms with Gasteiger partial charge in [-0.15, -0.1) is 0 Å². The molecule has 0 fully saturated rings. The molecule has 0 aliphatic carbocycles. The molecule has 1 aromatic carbocycles. The average Bonchev–Trinajstić information content (AvgIpc) is 2.58. The number of para-hydroxylation sites is 1. The summed E-state index contributed by atoms with van der Waals surface area (Å²) in [4.78, 5) is 17.5. The third-order valence-electron chi connectivity index (χ3n) is 4.39. The zero-order valence-corrected chi connectivity index (χ0v) is 16.7. The predicted molar refractivity (Wildman–Crippen MR) is 108 cm³/mol. The van der Waals surface area contributed by atoms with Gasteiger partial charge in [-0.1, -0.05) is 44.9 Å². The van der Waals surface area contributed by atoms with Crippen LogP contribution < -0.4 is 5.32 Å². The third-order valence-corrected chi connectivity index (χ3v) is 4.39. The molecule has 0 amide bonds. The molecule has 142 valence electrons. The molecule has 2 aromatic rings. The molecule has 1 N–H and O–H groups in total. The maximum atomic E-state index is 13.0. The molecular weight excluding hydrogens is 324 g/mol. The number of rotatable bonds is 8. The molecule has 0 radical (unpaired) electrons. The topological polar surface area (TPSA) is 51.2 Å². The largest absolute Gasteiger partial charge is 0.458 e. The number of aromatic nitrogens is 1. The predicted octanol–water partition coefficient (Wildman–Crippen LogP) is 5.57. The summed E-state index contributed by atoms with van der Waals surface area (Å²) >= 11 is 0. The van der Waals surface area contributed by atoms with E-state index in [-0.39, 0.29) is 17.9 Å². The molecule has 1 heterocycles. The number of hydrogen-bond donors (Lipinski definition) is 1. The molecular formula is C22H32N2O2. The number of fused-ring (bicyclic) bond motifs is 1. The molecule has 26 heavy (non-hydrogen) atoms. The molecule has 0 saturated carbocycles. The van der Waals surface area contributed by atoms with E-state index < -0.39 is 5.60 Å². The van der Waals surface area contributed by atoms with Crippen molar-refractivity contribution in [1.82, 2.24) is 4.98 Å². The average molecular weight is 357 g/mol. The normalized spacial score (nSPS) is 13.0. The minimum Gasteiger partial charge on any atom is -0.458 e. The van der Waals surface area contributed by atoms with E-state index in [2.05, 4.69) is 24.1 Å². The van der Waals surface area contributed by atoms with E-state index in [1.165, 1.54) is 0 Å². The molecule has 4 nitrogen and oxygen atoms in total. The fourth-order valence-electron chi connectivity index (χ4n) is 3.34. The van der Waals surface area contributed by atoms with Gasteiger partial charge in [-0.3, -0.25) is 4.98 Å². The molecule has 1 atom stereocenters. The lowest BCUT2D eigenvalue weighted by Crippen LogP contribution is -2.41. The monoisotopic (exact) mass is 356 g/mol. The van der Waals surface area contributed by atoms with Crippen LogP contribution >= 0.6 is 0 Å². The summed E-state index contributed by atoms with van der Waals surface area (Å²) in [5.41, 5.74) is 1.27. The van der Waals surface area contributed by atoms with Crippen LogP contribution in [0, 0.1) is 5.92 Å². The number of nitrogens with one attached hydrogen (secondary N) is 1. The van der Waals surface area contributed by atoms with Crippen molar-refractivity contribution in [1.29, 1.82) is 0 Å². The zero-order valence-electron chi connectivity index (χ0n) is 16.7. The Bertz CT molecular complexity index is 710. The lowest BCUT2D eigenvalue weighted by Gasteiger charge is -2.30. The number of anilines is 1. The molecule has 4 heteroatoms. The van der Waals surface area contributed by atoms with E-state index in [0.717, 1.165) is 42.3 Å². The summed E-state index contributed by atoms with van der Waals surface area (Å²) in [6.45, 7) is 10.1. The molecule has 2 rings (SSSR count). The van der Waals surface area contributed by atoms with E-state index in [9.17, 15) is 4.79 Å². The van der Waals surface area contributed by atoms with Crippen LogP contribution in [0.4, 0.5) is 5.69 Å². The van der Waals surface area contributed by atoms with Crippen molar-refractivity contribution in [2.75, 3.05) is 5.32 Å². The lowest BCUT2D eigenvalue weighted by molar-refractivity contribution is -0.157. The van der Waals surface area contributed by atoms with Gasteiger partial charge in [-0.25, -0.2) is 4.79 Å². The summed E-state index contributed by atoms with van der Waals surface area (Å²) in [6.07, 6.45) is 5.84. The highest BCUT2D eigenvalue weighted by molar-refractivity contribution is 5.92. The number of hydrogen-bond acceptors (Lipinski definition) is 4. The highest BCUT2D eigenvalue weighted by Crippen LogP contribution is 2.27. The lowest BCUT2D eigenvalue weighted by atomic mass is 9.90. The molecule has 1 aromatic heterocycles. The molecule has 0 spiro atoms. The van der Waals surface area contributed by atoms with Gasteiger partial charge < -0.3 is 10.1 Å². The minimum atomic E-state index is -0.503. The van der Waals surface area contributed by atoms with Gasteiger partial charge in [-0.05, 0) is 51.7 Å². The number of esters is 1. The highest BCUT2D eigenvalue weighted by atomic mass is 16.6. The number of ether oxygens (including phenoxy) is 1. The first-order valence-electron chi connectivity index (χ1n) is 9.68. The Hall–Kier alpha value is -2.10. The third kappa shape index (κ3) is 5.45. The van der Waals surface area contributed by atoms with Crippen LogP contribution in [-0.2, 0) is 9.53 Å². The number of nitrogens with zero attached hydrogens (tertiary/aromatic N) is 1. The fraction of sp³-hybridized carbons (Fsp3) is 0.545. The molecule has 0 bridgehead atoms. The first-order valence-corrected chi connectivity index (χ1v) is 9.68. The van der Waals surface area contributed by atoms with Crippen molar-refractivity contribution < 1.29 is 9.53 Å². The second-order valence-electron chi connectivity index (χ2n) is 7.87. The second kappa shape index (κ2) is 9.02. The summed E-state index contributed by atoms with van der Waals surface area (Å²) < 4.78 is 5.74. The molecule has 0 saturated heterocycles. The van der Waals surface area contributed by atoms with Crippen molar-refractivity contribution in [3.05, 3.63) is 36.5 Å². The summed E-state index contributed by atoms with van der Waals surface area (Å²) in [5, 5.41) is 4.54. The first-order chi connectivity index (χ1) is 12.4. The van der Waals surface area contributed by atoms with Crippen molar-refractivity contribution in [3.8, 4) is 0 Å². The van der Waals surface area contributed by atoms with E-state index in [1.54, 1.807) is 6.20 Å². The Morgan fingerprint density at radius 1 is 1.12 bits per heavy atom. The van der Waals surface area contributed by atoms with Crippen molar-refractivity contribution in [2.24, 2.45) is 5.92 Å². The summed E-state index contributed by atoms with van der Waals surface area (Å²) in [7, 11) is 0. The van der Waals surface area contributed by atoms with Crippen LogP contribution in [0.3, 0.4) is 0 Å². The second-order valence-corrected chi connectivity index (χ2v) is 7.87. The van der Waals surface area contributed by atoms with Gasteiger partial charge in [0.15, 0.2) is 0 Å². The molecule has 0 aliphatic heterocycles. The SMILES string of the molecule is CCCC(CCC)[C@@H](Nc1cccc2cccnc12)C(=O)OC(C)(C)C. The standard InChI is InChI=1S/C22H32N2O2/c1-6-10-16(11-7-2)20(21(25)26-22(3,4)5)24-18-14-8-12-17-13-9-15-23-19(17)18/h8-9,12-16,20,24H,6-7,10-11H2,1-5H3/t20-/m1/s1. The van der Waals surface area contributed by atoms with Gasteiger partial charge in [-0.2, -0.15) is 0 Å². The van der Waals surface area contributed by atoms with Gasteiger partial charge in [0.1, 0.15) is 11.6 Å². The fourth-order valence-corrected chi connectivity index (χ4v) is 3.34. The van der Waals surface area contributed by atoms with Crippen LogP contribution in [0.5, 0.6) is 0 Å². The number of pyridine rings is 1. The first kappa shape index (κ1) is 20.2. The Labute approximate surface area is 157 Å². The van der Waals surface area contributed by atoms with E-state index in [4.69, 9.17) is 4.74 Å². The van der Waals surface area contributed by atoms with Crippen molar-refractivity contribution >= 4 is 22.6 Å². The van der Waals surface area contributed by atoms with Crippen LogP contribution in [0.1, 0.15) is 60.3 Å². The van der Waals surface area contributed by atoms with E-state index >= 15 is 0 Å². The van der Waals surface area contributed by atoms with Gasteiger partial charge in [0.2, 0.25) is 0 Å². The van der Waals surface area contributed by atoms with Gasteiger partial charge in [0.25, 0.3) is 0 Å². The molecule has 0 unspecified atom stereocenters. The van der Waals surface area contributed by atoms with Crippen LogP contribution in [0.15, 0.2) is 36.5 Å². The Kier molecular flexibility index (Phi) is 7.01. The highest BCUT2D eigenvalue weighted by Gasteiger charge is 2.31. The Morgan fingerprint density at radius 3 is 2.38 bits per heavy atom. The van der Waals surface area contributed by atoms with Crippen LogP contribution in [0.2, 0.25) is 0 Å². The summed E-state index contributed by atoms with van der Waals surface area (Å²) in [6, 6.07) is 9.60. The number of carbonyl (C=O) groups is 1. The smallest absolute Gasteiger partial charge is 0.329 e. The van der Waals surface area contributed by atoms with Gasteiger partial charge in [0.05, 0.1) is 11.2 Å². The van der Waals surface area contributed by atoms with E-state index in [0.29, 0.717) is 0 Å². The zero-order chi connectivity index (χ0) is 19.2. The van der Waals surface area contributed by atoms with Crippen LogP contribution in [-0.4, -0.2) is 22.6 Å².